The molecule has 2 rings (SSSR count). The van der Waals surface area contributed by atoms with Gasteiger partial charge in [0.25, 0.3) is 0 Å². The molecule has 0 aromatic heterocycles. The molecule has 0 fully saturated rings. The molecule has 0 atom stereocenters. The maximum atomic E-state index is 13.4. The normalized spacial score (nSPS) is 10.5. The predicted molar refractivity (Wildman–Crippen MR) is 81.5 cm³/mol. The second kappa shape index (κ2) is 7.29. The summed E-state index contributed by atoms with van der Waals surface area (Å²) in [4.78, 5) is 0. The van der Waals surface area contributed by atoms with Crippen LogP contribution in [0.2, 0.25) is 5.02 Å². The molecule has 0 heterocycles. The van der Waals surface area contributed by atoms with E-state index in [9.17, 15) is 4.39 Å². The Labute approximate surface area is 128 Å². The molecule has 0 unspecified atom stereocenters. The van der Waals surface area contributed by atoms with E-state index in [0.717, 1.165) is 11.3 Å². The van der Waals surface area contributed by atoms with Gasteiger partial charge < -0.3 is 15.2 Å². The standard InChI is InChI=1S/C16H17ClFNO2/c1-20-13-5-6-15(11(9-13)7-8-19)21-10-12-3-2-4-14(18)16(12)17/h2-6,9H,7-8,10,19H2,1H3. The summed E-state index contributed by atoms with van der Waals surface area (Å²) >= 11 is 5.91. The van der Waals surface area contributed by atoms with E-state index in [4.69, 9.17) is 26.8 Å². The average molecular weight is 310 g/mol. The quantitative estimate of drug-likeness (QED) is 0.887. The van der Waals surface area contributed by atoms with Crippen molar-refractivity contribution in [3.05, 3.63) is 58.4 Å². The predicted octanol–water partition coefficient (Wildman–Crippen LogP) is 3.57. The Morgan fingerprint density at radius 2 is 2.00 bits per heavy atom. The van der Waals surface area contributed by atoms with Gasteiger partial charge in [0.1, 0.15) is 23.9 Å². The maximum Gasteiger partial charge on any atom is 0.142 e. The molecule has 0 aliphatic heterocycles. The van der Waals surface area contributed by atoms with E-state index < -0.39 is 5.82 Å². The summed E-state index contributed by atoms with van der Waals surface area (Å²) in [6.45, 7) is 0.699. The number of benzene rings is 2. The Hall–Kier alpha value is -1.78. The van der Waals surface area contributed by atoms with Crippen LogP contribution >= 0.6 is 11.6 Å². The Bertz CT molecular complexity index is 619. The molecule has 2 N–H and O–H groups in total. The van der Waals surface area contributed by atoms with E-state index in [1.165, 1.54) is 6.07 Å². The summed E-state index contributed by atoms with van der Waals surface area (Å²) in [6.07, 6.45) is 0.670. The van der Waals surface area contributed by atoms with Gasteiger partial charge in [-0.25, -0.2) is 4.39 Å². The summed E-state index contributed by atoms with van der Waals surface area (Å²) in [7, 11) is 1.61. The SMILES string of the molecule is COc1ccc(OCc2cccc(F)c2Cl)c(CCN)c1. The summed E-state index contributed by atoms with van der Waals surface area (Å²) < 4.78 is 24.3. The molecule has 0 amide bonds. The van der Waals surface area contributed by atoms with Gasteiger partial charge in [-0.05, 0) is 42.8 Å². The van der Waals surface area contributed by atoms with Crippen molar-refractivity contribution < 1.29 is 13.9 Å². The Kier molecular flexibility index (Phi) is 5.42. The molecule has 0 aliphatic rings. The first-order valence-corrected chi connectivity index (χ1v) is 6.96. The van der Waals surface area contributed by atoms with Gasteiger partial charge in [-0.15, -0.1) is 0 Å². The molecule has 0 saturated carbocycles. The third-order valence-electron chi connectivity index (χ3n) is 3.10. The minimum Gasteiger partial charge on any atom is -0.497 e. The van der Waals surface area contributed by atoms with Crippen molar-refractivity contribution >= 4 is 11.6 Å². The van der Waals surface area contributed by atoms with E-state index in [-0.39, 0.29) is 11.6 Å². The third kappa shape index (κ3) is 3.86. The average Bonchev–Trinajstić information content (AvgIpc) is 2.50. The van der Waals surface area contributed by atoms with Crippen molar-refractivity contribution in [2.75, 3.05) is 13.7 Å². The van der Waals surface area contributed by atoms with Crippen molar-refractivity contribution in [1.82, 2.24) is 0 Å². The highest BCUT2D eigenvalue weighted by Crippen LogP contribution is 2.27. The van der Waals surface area contributed by atoms with Crippen LogP contribution in [0.4, 0.5) is 4.39 Å². The fourth-order valence-corrected chi connectivity index (χ4v) is 2.17. The van der Waals surface area contributed by atoms with Crippen LogP contribution in [0.15, 0.2) is 36.4 Å². The number of hydrogen-bond acceptors (Lipinski definition) is 3. The molecule has 0 aliphatic carbocycles. The van der Waals surface area contributed by atoms with Crippen molar-refractivity contribution in [3.8, 4) is 11.5 Å². The molecule has 2 aromatic rings. The lowest BCUT2D eigenvalue weighted by Gasteiger charge is -2.13. The third-order valence-corrected chi connectivity index (χ3v) is 3.52. The minimum absolute atomic E-state index is 0.0892. The van der Waals surface area contributed by atoms with Gasteiger partial charge in [-0.2, -0.15) is 0 Å². The van der Waals surface area contributed by atoms with Gasteiger partial charge >= 0.3 is 0 Å². The molecule has 5 heteroatoms. The van der Waals surface area contributed by atoms with E-state index in [1.54, 1.807) is 19.2 Å². The van der Waals surface area contributed by atoms with E-state index >= 15 is 0 Å². The number of methoxy groups -OCH3 is 1. The molecule has 0 spiro atoms. The number of nitrogens with two attached hydrogens (primary N) is 1. The summed E-state index contributed by atoms with van der Waals surface area (Å²) in [5, 5.41) is 0.0892. The maximum absolute atomic E-state index is 13.4. The lowest BCUT2D eigenvalue weighted by molar-refractivity contribution is 0.301. The van der Waals surface area contributed by atoms with Crippen LogP contribution in [0.25, 0.3) is 0 Å². The molecule has 2 aromatic carbocycles. The Balaban J connectivity index is 2.17. The Morgan fingerprint density at radius 3 is 2.71 bits per heavy atom. The van der Waals surface area contributed by atoms with E-state index in [1.807, 2.05) is 18.2 Å². The van der Waals surface area contributed by atoms with Gasteiger partial charge in [0, 0.05) is 5.56 Å². The van der Waals surface area contributed by atoms with Gasteiger partial charge in [0.15, 0.2) is 0 Å². The number of rotatable bonds is 6. The largest absolute Gasteiger partial charge is 0.497 e. The second-order valence-electron chi connectivity index (χ2n) is 4.51. The molecular weight excluding hydrogens is 293 g/mol. The molecule has 21 heavy (non-hydrogen) atoms. The highest BCUT2D eigenvalue weighted by Gasteiger charge is 2.09. The van der Waals surface area contributed by atoms with Crippen LogP contribution in [-0.2, 0) is 13.0 Å². The van der Waals surface area contributed by atoms with E-state index in [0.29, 0.717) is 24.3 Å². The zero-order chi connectivity index (χ0) is 15.2. The van der Waals surface area contributed by atoms with Gasteiger partial charge in [0.05, 0.1) is 12.1 Å². The molecular formula is C16H17ClFNO2. The Morgan fingerprint density at radius 1 is 1.19 bits per heavy atom. The first-order valence-electron chi connectivity index (χ1n) is 6.58. The monoisotopic (exact) mass is 309 g/mol. The molecule has 0 bridgehead atoms. The van der Waals surface area contributed by atoms with Gasteiger partial charge in [-0.1, -0.05) is 23.7 Å². The highest BCUT2D eigenvalue weighted by atomic mass is 35.5. The van der Waals surface area contributed by atoms with Gasteiger partial charge in [0.2, 0.25) is 0 Å². The minimum atomic E-state index is -0.449. The summed E-state index contributed by atoms with van der Waals surface area (Å²) in [5.41, 5.74) is 7.16. The fraction of sp³-hybridized carbons (Fsp3) is 0.250. The zero-order valence-electron chi connectivity index (χ0n) is 11.7. The summed E-state index contributed by atoms with van der Waals surface area (Å²) in [5.74, 6) is 0.992. The van der Waals surface area contributed by atoms with Gasteiger partial charge in [-0.3, -0.25) is 0 Å². The van der Waals surface area contributed by atoms with E-state index in [2.05, 4.69) is 0 Å². The van der Waals surface area contributed by atoms with Crippen LogP contribution in [0, 0.1) is 5.82 Å². The second-order valence-corrected chi connectivity index (χ2v) is 4.89. The van der Waals surface area contributed by atoms with Crippen LogP contribution < -0.4 is 15.2 Å². The summed E-state index contributed by atoms with van der Waals surface area (Å²) in [6, 6.07) is 10.2. The smallest absolute Gasteiger partial charge is 0.142 e. The van der Waals surface area contributed by atoms with Crippen LogP contribution in [0.1, 0.15) is 11.1 Å². The van der Waals surface area contributed by atoms with Crippen molar-refractivity contribution in [2.24, 2.45) is 5.73 Å². The zero-order valence-corrected chi connectivity index (χ0v) is 12.5. The van der Waals surface area contributed by atoms with Crippen molar-refractivity contribution in [2.45, 2.75) is 13.0 Å². The first kappa shape index (κ1) is 15.6. The number of hydrogen-bond donors (Lipinski definition) is 1. The molecule has 0 radical (unpaired) electrons. The highest BCUT2D eigenvalue weighted by molar-refractivity contribution is 6.31. The molecule has 0 saturated heterocycles. The fourth-order valence-electron chi connectivity index (χ4n) is 1.99. The lowest BCUT2D eigenvalue weighted by Crippen LogP contribution is -2.06. The molecule has 3 nitrogen and oxygen atoms in total. The number of ether oxygens (including phenoxy) is 2. The number of halogens is 2. The van der Waals surface area contributed by atoms with Crippen LogP contribution in [-0.4, -0.2) is 13.7 Å². The van der Waals surface area contributed by atoms with Crippen LogP contribution in [0.3, 0.4) is 0 Å². The first-order chi connectivity index (χ1) is 10.2. The topological polar surface area (TPSA) is 44.5 Å². The van der Waals surface area contributed by atoms with Crippen molar-refractivity contribution in [3.63, 3.8) is 0 Å². The lowest BCUT2D eigenvalue weighted by atomic mass is 10.1. The van der Waals surface area contributed by atoms with Crippen molar-refractivity contribution in [1.29, 1.82) is 0 Å². The molecule has 112 valence electrons. The van der Waals surface area contributed by atoms with Crippen LogP contribution in [0.5, 0.6) is 11.5 Å².